The van der Waals surface area contributed by atoms with Gasteiger partial charge in [0.05, 0.1) is 13.2 Å². The Morgan fingerprint density at radius 2 is 1.72 bits per heavy atom. The summed E-state index contributed by atoms with van der Waals surface area (Å²) in [6.45, 7) is 2.52. The molecule has 39 heavy (non-hydrogen) atoms. The number of carbonyl (C=O) groups excluding carboxylic acids is 2. The molecular formula is C30H39FN2O6. The number of halogens is 1. The predicted molar refractivity (Wildman–Crippen MR) is 145 cm³/mol. The lowest BCUT2D eigenvalue weighted by molar-refractivity contribution is -0.123. The van der Waals surface area contributed by atoms with Crippen molar-refractivity contribution in [3.05, 3.63) is 53.6 Å². The fourth-order valence-electron chi connectivity index (χ4n) is 5.01. The van der Waals surface area contributed by atoms with Crippen molar-refractivity contribution in [2.75, 3.05) is 40.0 Å². The Hall–Kier alpha value is -3.17. The van der Waals surface area contributed by atoms with Crippen LogP contribution < -0.4 is 19.5 Å². The van der Waals surface area contributed by atoms with Gasteiger partial charge in [-0.25, -0.2) is 4.39 Å². The number of Topliss-reactive ketones (excluding diaryl/α,β-unsaturated/α-hetero) is 1. The maximum absolute atomic E-state index is 13.7. The molecule has 2 N–H and O–H groups in total. The predicted octanol–water partition coefficient (Wildman–Crippen LogP) is 4.25. The molecule has 0 aromatic heterocycles. The zero-order chi connectivity index (χ0) is 27.6. The van der Waals surface area contributed by atoms with Gasteiger partial charge in [0.1, 0.15) is 31.2 Å². The van der Waals surface area contributed by atoms with Gasteiger partial charge in [-0.2, -0.15) is 0 Å². The van der Waals surface area contributed by atoms with E-state index < -0.39 is 18.3 Å². The summed E-state index contributed by atoms with van der Waals surface area (Å²) in [6, 6.07) is 11.8. The summed E-state index contributed by atoms with van der Waals surface area (Å²) in [5.41, 5.74) is 1.28. The molecule has 1 amide bonds. The van der Waals surface area contributed by atoms with Crippen molar-refractivity contribution >= 4 is 11.7 Å². The minimum Gasteiger partial charge on any atom is -0.497 e. The summed E-state index contributed by atoms with van der Waals surface area (Å²) in [4.78, 5) is 27.4. The van der Waals surface area contributed by atoms with E-state index in [1.807, 2.05) is 0 Å². The highest BCUT2D eigenvalue weighted by Crippen LogP contribution is 2.33. The summed E-state index contributed by atoms with van der Waals surface area (Å²) < 4.78 is 30.0. The Morgan fingerprint density at radius 1 is 1.03 bits per heavy atom. The third-order valence-electron chi connectivity index (χ3n) is 7.33. The number of alkyl halides is 1. The van der Waals surface area contributed by atoms with E-state index in [4.69, 9.17) is 14.2 Å². The van der Waals surface area contributed by atoms with Crippen LogP contribution in [0.15, 0.2) is 42.5 Å². The number of benzene rings is 2. The van der Waals surface area contributed by atoms with Crippen LogP contribution in [0, 0.1) is 0 Å². The molecule has 0 spiro atoms. The zero-order valence-electron chi connectivity index (χ0n) is 22.6. The number of likely N-dealkylation sites (tertiary alicyclic amines) is 1. The number of amides is 1. The first kappa shape index (κ1) is 28.8. The Bertz CT molecular complexity index is 1090. The quantitative estimate of drug-likeness (QED) is 0.289. The lowest BCUT2D eigenvalue weighted by Gasteiger charge is -2.34. The number of fused-ring (bicyclic) bond motifs is 1. The third kappa shape index (κ3) is 8.41. The van der Waals surface area contributed by atoms with E-state index >= 15 is 0 Å². The highest BCUT2D eigenvalue weighted by molar-refractivity contribution is 5.96. The molecule has 2 aromatic rings. The molecule has 2 aromatic carbocycles. The molecule has 0 saturated carbocycles. The van der Waals surface area contributed by atoms with Crippen molar-refractivity contribution in [2.24, 2.45) is 0 Å². The smallest absolute Gasteiger partial charge is 0.220 e. The first-order chi connectivity index (χ1) is 18.9. The van der Waals surface area contributed by atoms with E-state index in [2.05, 4.69) is 10.2 Å². The second-order valence-corrected chi connectivity index (χ2v) is 10.2. The zero-order valence-corrected chi connectivity index (χ0v) is 22.6. The third-order valence-corrected chi connectivity index (χ3v) is 7.33. The number of ketones is 1. The van der Waals surface area contributed by atoms with Crippen molar-refractivity contribution < 1.29 is 33.3 Å². The highest BCUT2D eigenvalue weighted by Gasteiger charge is 2.28. The number of piperidine rings is 1. The second-order valence-electron chi connectivity index (χ2n) is 10.2. The summed E-state index contributed by atoms with van der Waals surface area (Å²) in [6.07, 6.45) is 1.95. The molecule has 2 aliphatic rings. The largest absolute Gasteiger partial charge is 0.497 e. The number of hydrogen-bond acceptors (Lipinski definition) is 7. The van der Waals surface area contributed by atoms with Gasteiger partial charge in [-0.15, -0.1) is 0 Å². The molecule has 212 valence electrons. The molecule has 2 aliphatic heterocycles. The summed E-state index contributed by atoms with van der Waals surface area (Å²) in [7, 11) is 1.59. The number of aliphatic hydroxyl groups is 1. The average Bonchev–Trinajstić information content (AvgIpc) is 2.97. The summed E-state index contributed by atoms with van der Waals surface area (Å²) >= 11 is 0. The lowest BCUT2D eigenvalue weighted by Crippen LogP contribution is -2.49. The van der Waals surface area contributed by atoms with Gasteiger partial charge >= 0.3 is 0 Å². The topological polar surface area (TPSA) is 97.3 Å². The van der Waals surface area contributed by atoms with E-state index in [9.17, 15) is 19.1 Å². The molecule has 4 rings (SSSR count). The maximum atomic E-state index is 13.7. The minimum atomic E-state index is -0.963. The van der Waals surface area contributed by atoms with Gasteiger partial charge in [-0.1, -0.05) is 12.5 Å². The molecule has 0 bridgehead atoms. The summed E-state index contributed by atoms with van der Waals surface area (Å²) in [5.74, 6) is 1.83. The van der Waals surface area contributed by atoms with Gasteiger partial charge in [-0.3, -0.25) is 9.59 Å². The van der Waals surface area contributed by atoms with Gasteiger partial charge in [0.25, 0.3) is 0 Å². The number of nitrogens with zero attached hydrogens (tertiary/aromatic N) is 1. The molecular weight excluding hydrogens is 503 g/mol. The van der Waals surface area contributed by atoms with Gasteiger partial charge < -0.3 is 29.5 Å². The van der Waals surface area contributed by atoms with Crippen molar-refractivity contribution in [2.45, 2.75) is 63.3 Å². The number of unbranched alkanes of at least 4 members (excludes halogenated alkanes) is 2. The molecule has 9 heteroatoms. The van der Waals surface area contributed by atoms with Crippen LogP contribution in [0.3, 0.4) is 0 Å². The number of hydrogen-bond donors (Lipinski definition) is 2. The molecule has 0 unspecified atom stereocenters. The molecule has 1 fully saturated rings. The molecule has 1 saturated heterocycles. The van der Waals surface area contributed by atoms with Gasteiger partial charge in [-0.05, 0) is 67.6 Å². The van der Waals surface area contributed by atoms with Crippen LogP contribution in [0.2, 0.25) is 0 Å². The fourth-order valence-corrected chi connectivity index (χ4v) is 5.01. The van der Waals surface area contributed by atoms with Crippen LogP contribution in [0.1, 0.15) is 67.0 Å². The highest BCUT2D eigenvalue weighted by atomic mass is 19.1. The standard InChI is InChI=1S/C30H39FN2O6/c1-37-24-10-7-21(8-11-24)26(34)5-3-2-4-6-29(35)32-25(20-33-15-13-23(31)14-16-33)30(36)22-9-12-27-28(19-22)39-18-17-38-27/h7-12,19,23,25,30,36H,2-6,13-18,20H2,1H3,(H,32,35)/t25-,30-/m1/s1. The van der Waals surface area contributed by atoms with Crippen molar-refractivity contribution in [1.82, 2.24) is 10.2 Å². The van der Waals surface area contributed by atoms with Crippen LogP contribution in [0.5, 0.6) is 17.2 Å². The second kappa shape index (κ2) is 14.3. The number of nitrogens with one attached hydrogen (secondary N) is 1. The Balaban J connectivity index is 1.28. The Morgan fingerprint density at radius 3 is 2.44 bits per heavy atom. The Labute approximate surface area is 229 Å². The molecule has 0 radical (unpaired) electrons. The molecule has 2 heterocycles. The van der Waals surface area contributed by atoms with E-state index in [1.165, 1.54) is 0 Å². The van der Waals surface area contributed by atoms with Crippen LogP contribution in [0.4, 0.5) is 4.39 Å². The van der Waals surface area contributed by atoms with Crippen LogP contribution >= 0.6 is 0 Å². The SMILES string of the molecule is COc1ccc(C(=O)CCCCCC(=O)N[C@H](CN2CCC(F)CC2)[C@H](O)c2ccc3c(c2)OCCO3)cc1. The van der Waals surface area contributed by atoms with Crippen molar-refractivity contribution in [3.63, 3.8) is 0 Å². The number of ether oxygens (including phenoxy) is 3. The van der Waals surface area contributed by atoms with Gasteiger partial charge in [0.2, 0.25) is 5.91 Å². The van der Waals surface area contributed by atoms with E-state index in [0.717, 1.165) is 6.42 Å². The fraction of sp³-hybridized carbons (Fsp3) is 0.533. The molecule has 8 nitrogen and oxygen atoms in total. The normalized spacial score (nSPS) is 17.3. The van der Waals surface area contributed by atoms with Crippen molar-refractivity contribution in [3.8, 4) is 17.2 Å². The first-order valence-corrected chi connectivity index (χ1v) is 13.8. The van der Waals surface area contributed by atoms with E-state index in [1.54, 1.807) is 49.6 Å². The molecule has 2 atom stereocenters. The van der Waals surface area contributed by atoms with Gasteiger partial charge in [0.15, 0.2) is 17.3 Å². The number of carbonyl (C=O) groups is 2. The van der Waals surface area contributed by atoms with Crippen LogP contribution in [0.25, 0.3) is 0 Å². The number of aliphatic hydroxyl groups excluding tert-OH is 1. The van der Waals surface area contributed by atoms with Crippen LogP contribution in [-0.4, -0.2) is 73.9 Å². The average molecular weight is 543 g/mol. The summed E-state index contributed by atoms with van der Waals surface area (Å²) in [5, 5.41) is 14.3. The molecule has 0 aliphatic carbocycles. The first-order valence-electron chi connectivity index (χ1n) is 13.8. The lowest BCUT2D eigenvalue weighted by atomic mass is 9.99. The van der Waals surface area contributed by atoms with E-state index in [0.29, 0.717) is 99.7 Å². The van der Waals surface area contributed by atoms with E-state index in [-0.39, 0.29) is 11.7 Å². The van der Waals surface area contributed by atoms with Gasteiger partial charge in [0, 0.05) is 38.0 Å². The number of methoxy groups -OCH3 is 1. The number of rotatable bonds is 13. The monoisotopic (exact) mass is 542 g/mol. The maximum Gasteiger partial charge on any atom is 0.220 e. The minimum absolute atomic E-state index is 0.0711. The Kier molecular flexibility index (Phi) is 10.6. The van der Waals surface area contributed by atoms with Crippen LogP contribution in [-0.2, 0) is 4.79 Å². The van der Waals surface area contributed by atoms with Crippen molar-refractivity contribution in [1.29, 1.82) is 0 Å².